The molecule has 1 atom stereocenters. The maximum Gasteiger partial charge on any atom is 0.226 e. The summed E-state index contributed by atoms with van der Waals surface area (Å²) in [7, 11) is 0. The van der Waals surface area contributed by atoms with Crippen molar-refractivity contribution in [2.45, 2.75) is 19.8 Å². The molecular weight excluding hydrogens is 256 g/mol. The number of nitrogens with zero attached hydrogens (tertiary/aromatic N) is 4. The minimum Gasteiger partial charge on any atom is -0.396 e. The maximum absolute atomic E-state index is 9.07. The molecule has 0 spiro atoms. The van der Waals surface area contributed by atoms with Crippen molar-refractivity contribution in [3.63, 3.8) is 0 Å². The highest BCUT2D eigenvalue weighted by Gasteiger charge is 2.25. The van der Waals surface area contributed by atoms with Crippen LogP contribution >= 0.6 is 0 Å². The van der Waals surface area contributed by atoms with Gasteiger partial charge in [-0.1, -0.05) is 0 Å². The molecule has 7 heteroatoms. The monoisotopic (exact) mass is 276 g/mol. The normalized spacial score (nSPS) is 18.9. The third-order valence-electron chi connectivity index (χ3n) is 3.75. The molecular formula is C13H20N6O. The van der Waals surface area contributed by atoms with Crippen molar-refractivity contribution in [3.8, 4) is 0 Å². The van der Waals surface area contributed by atoms with Gasteiger partial charge in [0, 0.05) is 26.2 Å². The topological polar surface area (TPSA) is 90.0 Å². The molecule has 3 rings (SSSR count). The number of aliphatic hydroxyl groups excluding tert-OH is 1. The van der Waals surface area contributed by atoms with E-state index in [0.29, 0.717) is 11.9 Å². The van der Waals surface area contributed by atoms with E-state index in [1.54, 1.807) is 6.20 Å². The predicted molar refractivity (Wildman–Crippen MR) is 77.9 cm³/mol. The van der Waals surface area contributed by atoms with Crippen LogP contribution in [0.15, 0.2) is 6.20 Å². The Kier molecular flexibility index (Phi) is 3.68. The van der Waals surface area contributed by atoms with E-state index in [0.717, 1.165) is 49.3 Å². The van der Waals surface area contributed by atoms with Crippen molar-refractivity contribution in [1.82, 2.24) is 20.2 Å². The van der Waals surface area contributed by atoms with E-state index in [-0.39, 0.29) is 6.61 Å². The number of rotatable bonds is 5. The number of aromatic nitrogens is 4. The lowest BCUT2D eigenvalue weighted by atomic mass is 10.1. The number of fused-ring (bicyclic) bond motifs is 1. The molecule has 0 saturated carbocycles. The molecule has 0 radical (unpaired) electrons. The summed E-state index contributed by atoms with van der Waals surface area (Å²) in [6, 6.07) is 0. The molecule has 0 aliphatic carbocycles. The van der Waals surface area contributed by atoms with Gasteiger partial charge in [0.05, 0.1) is 11.6 Å². The Bertz CT molecular complexity index is 583. The zero-order valence-electron chi connectivity index (χ0n) is 11.6. The van der Waals surface area contributed by atoms with Crippen LogP contribution in [0.2, 0.25) is 0 Å². The van der Waals surface area contributed by atoms with E-state index in [1.165, 1.54) is 0 Å². The van der Waals surface area contributed by atoms with Crippen molar-refractivity contribution < 1.29 is 5.11 Å². The van der Waals surface area contributed by atoms with Crippen molar-refractivity contribution >= 4 is 22.8 Å². The van der Waals surface area contributed by atoms with E-state index in [1.807, 2.05) is 6.92 Å². The predicted octanol–water partition coefficient (Wildman–Crippen LogP) is 0.993. The molecule has 2 aromatic heterocycles. The zero-order valence-corrected chi connectivity index (χ0v) is 11.6. The summed E-state index contributed by atoms with van der Waals surface area (Å²) in [5, 5.41) is 20.2. The Morgan fingerprint density at radius 2 is 2.40 bits per heavy atom. The zero-order chi connectivity index (χ0) is 13.9. The molecule has 1 aliphatic rings. The molecule has 3 N–H and O–H groups in total. The second-order valence-electron chi connectivity index (χ2n) is 5.15. The molecule has 0 bridgehead atoms. The highest BCUT2D eigenvalue weighted by Crippen LogP contribution is 2.29. The van der Waals surface area contributed by atoms with Crippen LogP contribution < -0.4 is 10.2 Å². The lowest BCUT2D eigenvalue weighted by Gasteiger charge is -2.18. The Balaban J connectivity index is 1.91. The second kappa shape index (κ2) is 5.62. The average Bonchev–Trinajstić information content (AvgIpc) is 3.07. The van der Waals surface area contributed by atoms with Gasteiger partial charge in [-0.3, -0.25) is 5.10 Å². The highest BCUT2D eigenvalue weighted by atomic mass is 16.3. The van der Waals surface area contributed by atoms with E-state index in [9.17, 15) is 0 Å². The van der Waals surface area contributed by atoms with Crippen LogP contribution in [0.3, 0.4) is 0 Å². The van der Waals surface area contributed by atoms with E-state index >= 15 is 0 Å². The Labute approximate surface area is 117 Å². The fraction of sp³-hybridized carbons (Fsp3) is 0.615. The smallest absolute Gasteiger partial charge is 0.226 e. The first kappa shape index (κ1) is 13.1. The maximum atomic E-state index is 9.07. The van der Waals surface area contributed by atoms with E-state index in [2.05, 4.69) is 30.4 Å². The fourth-order valence-corrected chi connectivity index (χ4v) is 2.74. The lowest BCUT2D eigenvalue weighted by molar-refractivity contribution is 0.263. The number of hydrogen-bond donors (Lipinski definition) is 3. The summed E-state index contributed by atoms with van der Waals surface area (Å²) in [5.41, 5.74) is 0.761. The Hall–Kier alpha value is -1.89. The molecule has 108 valence electrons. The van der Waals surface area contributed by atoms with Gasteiger partial charge in [-0.2, -0.15) is 15.1 Å². The minimum absolute atomic E-state index is 0.256. The number of hydrogen-bond acceptors (Lipinski definition) is 6. The van der Waals surface area contributed by atoms with Gasteiger partial charge in [-0.05, 0) is 25.7 Å². The molecule has 2 aromatic rings. The van der Waals surface area contributed by atoms with Gasteiger partial charge in [0.15, 0.2) is 5.65 Å². The summed E-state index contributed by atoms with van der Waals surface area (Å²) < 4.78 is 0. The highest BCUT2D eigenvalue weighted by molar-refractivity contribution is 5.87. The third kappa shape index (κ3) is 2.40. The molecule has 3 heterocycles. The quantitative estimate of drug-likeness (QED) is 0.754. The van der Waals surface area contributed by atoms with Crippen LogP contribution in [0, 0.1) is 5.92 Å². The third-order valence-corrected chi connectivity index (χ3v) is 3.75. The SMILES string of the molecule is CCNc1nc(N2CCC(CCO)C2)c2cn[nH]c2n1. The van der Waals surface area contributed by atoms with Crippen molar-refractivity contribution in [2.75, 3.05) is 36.5 Å². The molecule has 1 fully saturated rings. The standard InChI is InChI=1S/C13H20N6O/c1-2-14-13-16-11-10(7-15-18-11)12(17-13)19-5-3-9(8-19)4-6-20/h7,9,20H,2-6,8H2,1H3,(H2,14,15,16,17,18). The Morgan fingerprint density at radius 3 is 3.20 bits per heavy atom. The van der Waals surface area contributed by atoms with Crippen molar-refractivity contribution in [1.29, 1.82) is 0 Å². The molecule has 1 saturated heterocycles. The van der Waals surface area contributed by atoms with Gasteiger partial charge in [0.1, 0.15) is 5.82 Å². The number of H-pyrrole nitrogens is 1. The van der Waals surface area contributed by atoms with E-state index in [4.69, 9.17) is 5.11 Å². The van der Waals surface area contributed by atoms with Crippen LogP contribution in [0.4, 0.5) is 11.8 Å². The largest absolute Gasteiger partial charge is 0.396 e. The van der Waals surface area contributed by atoms with Gasteiger partial charge in [0.25, 0.3) is 0 Å². The molecule has 1 aliphatic heterocycles. The van der Waals surface area contributed by atoms with Gasteiger partial charge in [0.2, 0.25) is 5.95 Å². The van der Waals surface area contributed by atoms with Crippen molar-refractivity contribution in [2.24, 2.45) is 5.92 Å². The summed E-state index contributed by atoms with van der Waals surface area (Å²) >= 11 is 0. The van der Waals surface area contributed by atoms with Crippen LogP contribution in [0.5, 0.6) is 0 Å². The summed E-state index contributed by atoms with van der Waals surface area (Å²) in [6.45, 7) is 4.96. The van der Waals surface area contributed by atoms with Crippen LogP contribution in [0.25, 0.3) is 11.0 Å². The van der Waals surface area contributed by atoms with E-state index < -0.39 is 0 Å². The first-order valence-electron chi connectivity index (χ1n) is 7.12. The summed E-state index contributed by atoms with van der Waals surface area (Å²) in [5.74, 6) is 2.10. The first-order valence-corrected chi connectivity index (χ1v) is 7.12. The molecule has 0 aromatic carbocycles. The number of nitrogens with one attached hydrogen (secondary N) is 2. The lowest BCUT2D eigenvalue weighted by Crippen LogP contribution is -2.22. The molecule has 1 unspecified atom stereocenters. The van der Waals surface area contributed by atoms with Gasteiger partial charge in [-0.15, -0.1) is 0 Å². The molecule has 20 heavy (non-hydrogen) atoms. The average molecular weight is 276 g/mol. The summed E-state index contributed by atoms with van der Waals surface area (Å²) in [6.07, 6.45) is 3.73. The fourth-order valence-electron chi connectivity index (χ4n) is 2.74. The summed E-state index contributed by atoms with van der Waals surface area (Å²) in [4.78, 5) is 11.3. The van der Waals surface area contributed by atoms with Gasteiger partial charge >= 0.3 is 0 Å². The van der Waals surface area contributed by atoms with Gasteiger partial charge in [-0.25, -0.2) is 0 Å². The number of anilines is 2. The first-order chi connectivity index (χ1) is 9.81. The van der Waals surface area contributed by atoms with Crippen LogP contribution in [-0.2, 0) is 0 Å². The molecule has 0 amide bonds. The number of aliphatic hydroxyl groups is 1. The Morgan fingerprint density at radius 1 is 1.50 bits per heavy atom. The number of aromatic amines is 1. The minimum atomic E-state index is 0.256. The van der Waals surface area contributed by atoms with Gasteiger partial charge < -0.3 is 15.3 Å². The van der Waals surface area contributed by atoms with Crippen LogP contribution in [-0.4, -0.2) is 51.5 Å². The second-order valence-corrected chi connectivity index (χ2v) is 5.15. The van der Waals surface area contributed by atoms with Crippen LogP contribution in [0.1, 0.15) is 19.8 Å². The molecule has 7 nitrogen and oxygen atoms in total. The van der Waals surface area contributed by atoms with Crippen molar-refractivity contribution in [3.05, 3.63) is 6.20 Å².